The molecule has 6 rings (SSSR count). The summed E-state index contributed by atoms with van der Waals surface area (Å²) in [6.45, 7) is 6.60. The quantitative estimate of drug-likeness (QED) is 0.405. The molecule has 2 aromatic carbocycles. The van der Waals surface area contributed by atoms with Crippen molar-refractivity contribution in [3.05, 3.63) is 71.9 Å². The van der Waals surface area contributed by atoms with Crippen molar-refractivity contribution in [1.29, 1.82) is 0 Å². The third-order valence-corrected chi connectivity index (χ3v) is 9.32. The van der Waals surface area contributed by atoms with Gasteiger partial charge in [0.15, 0.2) is 0 Å². The van der Waals surface area contributed by atoms with Gasteiger partial charge in [0.05, 0.1) is 30.5 Å². The van der Waals surface area contributed by atoms with Gasteiger partial charge in [0, 0.05) is 43.8 Å². The molecular weight excluding hydrogens is 528 g/mol. The van der Waals surface area contributed by atoms with Crippen LogP contribution in [0.15, 0.2) is 60.7 Å². The lowest BCUT2D eigenvalue weighted by atomic mass is 9.75. The molecular formula is C34H42N4O4. The highest BCUT2D eigenvalue weighted by molar-refractivity contribution is 5.97. The molecule has 3 aliphatic rings. The Balaban J connectivity index is 1.18. The lowest BCUT2D eigenvalue weighted by molar-refractivity contribution is 0.0298. The summed E-state index contributed by atoms with van der Waals surface area (Å²) in [5.41, 5.74) is 3.04. The van der Waals surface area contributed by atoms with Crippen LogP contribution in [0.4, 0.5) is 0 Å². The molecule has 0 unspecified atom stereocenters. The predicted octanol–water partition coefficient (Wildman–Crippen LogP) is 5.68. The van der Waals surface area contributed by atoms with Gasteiger partial charge in [-0.2, -0.15) is 5.10 Å². The van der Waals surface area contributed by atoms with Gasteiger partial charge in [0.2, 0.25) is 0 Å². The highest BCUT2D eigenvalue weighted by Gasteiger charge is 2.38. The number of nitrogens with zero attached hydrogens (tertiary/aromatic N) is 4. The lowest BCUT2D eigenvalue weighted by Gasteiger charge is -2.42. The van der Waals surface area contributed by atoms with Crippen LogP contribution in [-0.2, 0) is 11.3 Å². The smallest absolute Gasteiger partial charge is 0.272 e. The summed E-state index contributed by atoms with van der Waals surface area (Å²) in [7, 11) is 0. The third-order valence-electron chi connectivity index (χ3n) is 9.32. The molecule has 8 heteroatoms. The maximum Gasteiger partial charge on any atom is 0.272 e. The van der Waals surface area contributed by atoms with Crippen molar-refractivity contribution in [2.24, 2.45) is 5.41 Å². The molecule has 2 saturated heterocycles. The van der Waals surface area contributed by atoms with Crippen molar-refractivity contribution in [1.82, 2.24) is 19.6 Å². The van der Waals surface area contributed by atoms with Crippen LogP contribution in [0.2, 0.25) is 0 Å². The van der Waals surface area contributed by atoms with Gasteiger partial charge in [0.25, 0.3) is 11.8 Å². The van der Waals surface area contributed by atoms with Gasteiger partial charge >= 0.3 is 0 Å². The van der Waals surface area contributed by atoms with E-state index in [-0.39, 0.29) is 23.3 Å². The van der Waals surface area contributed by atoms with Crippen LogP contribution in [0.3, 0.4) is 0 Å². The van der Waals surface area contributed by atoms with Crippen molar-refractivity contribution >= 4 is 11.8 Å². The van der Waals surface area contributed by atoms with Crippen molar-refractivity contribution in [3.63, 3.8) is 0 Å². The third kappa shape index (κ3) is 5.95. The van der Waals surface area contributed by atoms with Crippen LogP contribution in [0.1, 0.15) is 72.7 Å². The summed E-state index contributed by atoms with van der Waals surface area (Å²) in [6.07, 6.45) is 6.75. The van der Waals surface area contributed by atoms with Crippen LogP contribution < -0.4 is 4.74 Å². The summed E-state index contributed by atoms with van der Waals surface area (Å²) in [6, 6.07) is 19.7. The molecule has 1 atom stereocenters. The van der Waals surface area contributed by atoms with E-state index in [2.05, 4.69) is 0 Å². The van der Waals surface area contributed by atoms with Gasteiger partial charge < -0.3 is 19.3 Å². The highest BCUT2D eigenvalue weighted by atomic mass is 16.5. The summed E-state index contributed by atoms with van der Waals surface area (Å²) >= 11 is 0. The van der Waals surface area contributed by atoms with Gasteiger partial charge in [0.1, 0.15) is 11.4 Å². The first kappa shape index (κ1) is 28.5. The molecule has 3 aliphatic heterocycles. The maximum absolute atomic E-state index is 13.7. The molecule has 3 aromatic rings. The Kier molecular flexibility index (Phi) is 8.60. The van der Waals surface area contributed by atoms with Crippen LogP contribution in [0.25, 0.3) is 11.3 Å². The number of aryl methyl sites for hydroxylation is 1. The van der Waals surface area contributed by atoms with Crippen molar-refractivity contribution in [2.45, 2.75) is 64.5 Å². The largest absolute Gasteiger partial charge is 0.492 e. The number of piperidine rings is 1. The van der Waals surface area contributed by atoms with E-state index in [0.29, 0.717) is 56.5 Å². The average molecular weight is 571 g/mol. The molecule has 8 nitrogen and oxygen atoms in total. The Morgan fingerprint density at radius 2 is 1.76 bits per heavy atom. The second kappa shape index (κ2) is 12.7. The standard InChI is InChI=1S/C34H42N4O4/c1-2-38-30(23-29(35-38)26-11-4-3-5-12-26)33(40)36-20-17-34(18-21-36)16-8-9-22-41-24-27-13-10-19-37(27)32(39)28-14-6-7-15-31(28)42-25-34/h3-7,11-12,14-15,23,27H,2,8-10,13,16-22,24-25H2,1H3/t27-/m0/s1. The number of para-hydroxylation sites is 1. The SMILES string of the molecule is CCn1nc(-c2ccccc2)cc1C(=O)N1CCC2(CCCCOC[C@@H]3CCCN3C(=O)c3ccccc3OC2)CC1. The number of likely N-dealkylation sites (tertiary alicyclic amines) is 1. The van der Waals surface area contributed by atoms with Crippen molar-refractivity contribution in [2.75, 3.05) is 39.5 Å². The number of fused-ring (bicyclic) bond motifs is 2. The van der Waals surface area contributed by atoms with Gasteiger partial charge in [-0.15, -0.1) is 0 Å². The van der Waals surface area contributed by atoms with E-state index in [4.69, 9.17) is 14.6 Å². The van der Waals surface area contributed by atoms with E-state index in [1.165, 1.54) is 0 Å². The van der Waals surface area contributed by atoms with E-state index < -0.39 is 0 Å². The fraction of sp³-hybridized carbons (Fsp3) is 0.500. The first-order valence-corrected chi connectivity index (χ1v) is 15.6. The van der Waals surface area contributed by atoms with Crippen LogP contribution in [-0.4, -0.2) is 76.9 Å². The molecule has 0 aliphatic carbocycles. The fourth-order valence-electron chi connectivity index (χ4n) is 6.75. The molecule has 2 amide bonds. The molecule has 0 N–H and O–H groups in total. The van der Waals surface area contributed by atoms with E-state index in [1.807, 2.05) is 82.1 Å². The number of carbonyl (C=O) groups is 2. The topological polar surface area (TPSA) is 76.9 Å². The fourth-order valence-corrected chi connectivity index (χ4v) is 6.75. The number of benzene rings is 2. The van der Waals surface area contributed by atoms with E-state index in [0.717, 1.165) is 62.7 Å². The number of hydrogen-bond donors (Lipinski definition) is 0. The maximum atomic E-state index is 13.7. The Morgan fingerprint density at radius 3 is 2.57 bits per heavy atom. The first-order valence-electron chi connectivity index (χ1n) is 15.6. The second-order valence-electron chi connectivity index (χ2n) is 12.0. The van der Waals surface area contributed by atoms with Gasteiger partial charge in [-0.25, -0.2) is 0 Å². The van der Waals surface area contributed by atoms with Gasteiger partial charge in [-0.1, -0.05) is 48.9 Å². The molecule has 1 spiro atoms. The number of carbonyl (C=O) groups excluding carboxylic acids is 2. The Labute approximate surface area is 248 Å². The number of aromatic nitrogens is 2. The Bertz CT molecular complexity index is 1380. The molecule has 4 heterocycles. The highest BCUT2D eigenvalue weighted by Crippen LogP contribution is 2.39. The molecule has 42 heavy (non-hydrogen) atoms. The molecule has 1 aromatic heterocycles. The zero-order valence-corrected chi connectivity index (χ0v) is 24.7. The normalized spacial score (nSPS) is 21.4. The molecule has 222 valence electrons. The van der Waals surface area contributed by atoms with Crippen LogP contribution in [0, 0.1) is 5.41 Å². The summed E-state index contributed by atoms with van der Waals surface area (Å²) < 4.78 is 14.4. The molecule has 0 radical (unpaired) electrons. The van der Waals surface area contributed by atoms with Gasteiger partial charge in [-0.05, 0) is 63.6 Å². The van der Waals surface area contributed by atoms with E-state index in [9.17, 15) is 9.59 Å². The Morgan fingerprint density at radius 1 is 0.976 bits per heavy atom. The van der Waals surface area contributed by atoms with E-state index >= 15 is 0 Å². The predicted molar refractivity (Wildman–Crippen MR) is 162 cm³/mol. The molecule has 0 saturated carbocycles. The monoisotopic (exact) mass is 570 g/mol. The lowest BCUT2D eigenvalue weighted by Crippen LogP contribution is -2.46. The zero-order chi connectivity index (χ0) is 28.9. The Hall–Kier alpha value is -3.65. The minimum absolute atomic E-state index is 0.0330. The van der Waals surface area contributed by atoms with Crippen molar-refractivity contribution < 1.29 is 19.1 Å². The summed E-state index contributed by atoms with van der Waals surface area (Å²) in [4.78, 5) is 31.3. The average Bonchev–Trinajstić information content (AvgIpc) is 3.69. The van der Waals surface area contributed by atoms with Crippen LogP contribution >= 0.6 is 0 Å². The minimum atomic E-state index is -0.0621. The van der Waals surface area contributed by atoms with Crippen molar-refractivity contribution in [3.8, 4) is 17.0 Å². The van der Waals surface area contributed by atoms with Gasteiger partial charge in [-0.3, -0.25) is 14.3 Å². The summed E-state index contributed by atoms with van der Waals surface area (Å²) in [5, 5.41) is 4.73. The number of rotatable bonds is 3. The molecule has 0 bridgehead atoms. The second-order valence-corrected chi connectivity index (χ2v) is 12.0. The number of ether oxygens (including phenoxy) is 2. The molecule has 2 fully saturated rings. The summed E-state index contributed by atoms with van der Waals surface area (Å²) in [5.74, 6) is 0.725. The number of amides is 2. The first-order chi connectivity index (χ1) is 20.6. The zero-order valence-electron chi connectivity index (χ0n) is 24.7. The minimum Gasteiger partial charge on any atom is -0.492 e. The van der Waals surface area contributed by atoms with E-state index in [1.54, 1.807) is 0 Å². The number of hydrogen-bond acceptors (Lipinski definition) is 5. The van der Waals surface area contributed by atoms with Crippen LogP contribution in [0.5, 0.6) is 5.75 Å².